The van der Waals surface area contributed by atoms with Crippen molar-refractivity contribution < 1.29 is 9.90 Å². The zero-order chi connectivity index (χ0) is 22.4. The number of likely N-dealkylation sites (tertiary alicyclic amines) is 1. The Kier molecular flexibility index (Phi) is 9.06. The lowest BCUT2D eigenvalue weighted by atomic mass is 9.97. The molecule has 1 saturated heterocycles. The van der Waals surface area contributed by atoms with Crippen molar-refractivity contribution in [2.75, 3.05) is 27.2 Å². The van der Waals surface area contributed by atoms with Crippen LogP contribution in [0, 0.1) is 11.8 Å². The lowest BCUT2D eigenvalue weighted by molar-refractivity contribution is 0.146. The lowest BCUT2D eigenvalue weighted by Gasteiger charge is -2.35. The van der Waals surface area contributed by atoms with E-state index in [9.17, 15) is 9.90 Å². The summed E-state index contributed by atoms with van der Waals surface area (Å²) in [6, 6.07) is 1.45. The SMILES string of the molecule is CC=CC#Cc1c(C(C)O)cc(C(C)NC(=O)N(C)C2CCN(C)CC2)c(Cl)c1Cl. The topological polar surface area (TPSA) is 55.8 Å². The van der Waals surface area contributed by atoms with Crippen LogP contribution in [0.15, 0.2) is 18.2 Å². The van der Waals surface area contributed by atoms with Crippen LogP contribution in [0.5, 0.6) is 0 Å². The van der Waals surface area contributed by atoms with E-state index >= 15 is 0 Å². The summed E-state index contributed by atoms with van der Waals surface area (Å²) in [4.78, 5) is 16.8. The van der Waals surface area contributed by atoms with Crippen LogP contribution in [-0.2, 0) is 0 Å². The Hall–Kier alpha value is -1.71. The number of rotatable bonds is 4. The Morgan fingerprint density at radius 2 is 1.93 bits per heavy atom. The summed E-state index contributed by atoms with van der Waals surface area (Å²) >= 11 is 13.0. The standard InChI is InChI=1S/C23H31Cl2N3O2/c1-6-7-8-9-18-20(16(3)29)14-19(22(25)21(18)24)15(2)26-23(30)28(5)17-10-12-27(4)13-11-17/h6-7,14-17,29H,10-13H2,1-5H3,(H,26,30). The highest BCUT2D eigenvalue weighted by atomic mass is 35.5. The molecule has 1 aromatic rings. The average molecular weight is 452 g/mol. The number of carbonyl (C=O) groups excluding carboxylic acids is 1. The quantitative estimate of drug-likeness (QED) is 0.647. The summed E-state index contributed by atoms with van der Waals surface area (Å²) in [7, 11) is 3.92. The second-order valence-electron chi connectivity index (χ2n) is 7.82. The number of hydrogen-bond donors (Lipinski definition) is 2. The van der Waals surface area contributed by atoms with E-state index < -0.39 is 6.10 Å². The van der Waals surface area contributed by atoms with E-state index in [1.54, 1.807) is 24.0 Å². The Morgan fingerprint density at radius 1 is 1.30 bits per heavy atom. The molecule has 2 atom stereocenters. The van der Waals surface area contributed by atoms with Gasteiger partial charge in [-0.1, -0.05) is 41.1 Å². The van der Waals surface area contributed by atoms with Crippen LogP contribution >= 0.6 is 23.2 Å². The molecule has 1 aromatic carbocycles. The monoisotopic (exact) mass is 451 g/mol. The lowest BCUT2D eigenvalue weighted by Crippen LogP contribution is -2.48. The summed E-state index contributed by atoms with van der Waals surface area (Å²) in [5.74, 6) is 5.85. The van der Waals surface area contributed by atoms with Gasteiger partial charge in [-0.15, -0.1) is 0 Å². The van der Waals surface area contributed by atoms with Gasteiger partial charge in [-0.3, -0.25) is 0 Å². The summed E-state index contributed by atoms with van der Waals surface area (Å²) in [5, 5.41) is 13.9. The molecule has 0 spiro atoms. The van der Waals surface area contributed by atoms with E-state index in [2.05, 4.69) is 29.1 Å². The van der Waals surface area contributed by atoms with Crippen molar-refractivity contribution in [2.45, 2.75) is 51.8 Å². The van der Waals surface area contributed by atoms with Crippen molar-refractivity contribution in [3.63, 3.8) is 0 Å². The van der Waals surface area contributed by atoms with Gasteiger partial charge in [0.2, 0.25) is 0 Å². The zero-order valence-corrected chi connectivity index (χ0v) is 19.8. The van der Waals surface area contributed by atoms with Crippen molar-refractivity contribution >= 4 is 29.2 Å². The molecule has 2 unspecified atom stereocenters. The number of nitrogens with one attached hydrogen (secondary N) is 1. The number of piperidine rings is 1. The molecule has 164 valence electrons. The van der Waals surface area contributed by atoms with Crippen molar-refractivity contribution in [2.24, 2.45) is 0 Å². The first-order valence-electron chi connectivity index (χ1n) is 10.2. The molecule has 0 radical (unpaired) electrons. The van der Waals surface area contributed by atoms with Crippen LogP contribution in [-0.4, -0.2) is 54.2 Å². The molecule has 2 N–H and O–H groups in total. The molecule has 0 bridgehead atoms. The van der Waals surface area contributed by atoms with Crippen LogP contribution in [0.2, 0.25) is 10.0 Å². The molecule has 2 rings (SSSR count). The number of aliphatic hydroxyl groups is 1. The Labute approximate surface area is 190 Å². The predicted molar refractivity (Wildman–Crippen MR) is 124 cm³/mol. The van der Waals surface area contributed by atoms with E-state index in [4.69, 9.17) is 23.2 Å². The molecule has 1 aliphatic heterocycles. The molecule has 2 amide bonds. The summed E-state index contributed by atoms with van der Waals surface area (Å²) in [6.07, 6.45) is 4.64. The van der Waals surface area contributed by atoms with Gasteiger partial charge in [-0.2, -0.15) is 0 Å². The zero-order valence-electron chi connectivity index (χ0n) is 18.3. The van der Waals surface area contributed by atoms with E-state index in [0.29, 0.717) is 21.7 Å². The summed E-state index contributed by atoms with van der Waals surface area (Å²) in [6.45, 7) is 7.34. The number of amides is 2. The number of carbonyl (C=O) groups is 1. The first-order chi connectivity index (χ1) is 14.2. The van der Waals surface area contributed by atoms with E-state index in [1.807, 2.05) is 27.0 Å². The Balaban J connectivity index is 2.25. The minimum atomic E-state index is -0.779. The van der Waals surface area contributed by atoms with Crippen LogP contribution in [0.4, 0.5) is 4.79 Å². The third kappa shape index (κ3) is 5.92. The summed E-state index contributed by atoms with van der Waals surface area (Å²) < 4.78 is 0. The van der Waals surface area contributed by atoms with Crippen molar-refractivity contribution in [1.82, 2.24) is 15.1 Å². The number of benzene rings is 1. The second kappa shape index (κ2) is 11.1. The smallest absolute Gasteiger partial charge is 0.317 e. The second-order valence-corrected chi connectivity index (χ2v) is 8.58. The maximum absolute atomic E-state index is 12.8. The minimum absolute atomic E-state index is 0.153. The largest absolute Gasteiger partial charge is 0.389 e. The molecular weight excluding hydrogens is 421 g/mol. The molecule has 7 heteroatoms. The predicted octanol–water partition coefficient (Wildman–Crippen LogP) is 4.77. The number of urea groups is 1. The Bertz CT molecular complexity index is 850. The van der Waals surface area contributed by atoms with Gasteiger partial charge in [-0.25, -0.2) is 4.79 Å². The number of hydrogen-bond acceptors (Lipinski definition) is 3. The molecule has 1 fully saturated rings. The van der Waals surface area contributed by atoms with Crippen LogP contribution in [0.25, 0.3) is 0 Å². The highest BCUT2D eigenvalue weighted by Gasteiger charge is 2.26. The van der Waals surface area contributed by atoms with Crippen LogP contribution in [0.1, 0.15) is 62.4 Å². The highest BCUT2D eigenvalue weighted by molar-refractivity contribution is 6.43. The van der Waals surface area contributed by atoms with Crippen molar-refractivity contribution in [3.05, 3.63) is 45.0 Å². The maximum atomic E-state index is 12.8. The molecular formula is C23H31Cl2N3O2. The number of halogens is 2. The molecule has 5 nitrogen and oxygen atoms in total. The molecule has 30 heavy (non-hydrogen) atoms. The van der Waals surface area contributed by atoms with E-state index in [0.717, 1.165) is 25.9 Å². The van der Waals surface area contributed by atoms with Crippen LogP contribution < -0.4 is 5.32 Å². The molecule has 0 saturated carbocycles. The normalized spacial score (nSPS) is 17.3. The Morgan fingerprint density at radius 3 is 2.50 bits per heavy atom. The third-order valence-electron chi connectivity index (χ3n) is 5.53. The number of allylic oxidation sites excluding steroid dienone is 2. The van der Waals surface area contributed by atoms with Gasteiger partial charge in [0.1, 0.15) is 0 Å². The maximum Gasteiger partial charge on any atom is 0.317 e. The molecule has 1 aliphatic rings. The van der Waals surface area contributed by atoms with Crippen LogP contribution in [0.3, 0.4) is 0 Å². The van der Waals surface area contributed by atoms with Gasteiger partial charge in [0.25, 0.3) is 0 Å². The first kappa shape index (κ1) is 24.6. The van der Waals surface area contributed by atoms with Gasteiger partial charge in [0, 0.05) is 13.1 Å². The fraction of sp³-hybridized carbons (Fsp3) is 0.522. The highest BCUT2D eigenvalue weighted by Crippen LogP contribution is 2.37. The van der Waals surface area contributed by atoms with E-state index in [-0.39, 0.29) is 23.1 Å². The van der Waals surface area contributed by atoms with E-state index in [1.165, 1.54) is 0 Å². The molecule has 1 heterocycles. The minimum Gasteiger partial charge on any atom is -0.389 e. The van der Waals surface area contributed by atoms with Gasteiger partial charge < -0.3 is 20.2 Å². The molecule has 0 aromatic heterocycles. The van der Waals surface area contributed by atoms with Crippen molar-refractivity contribution in [3.8, 4) is 11.8 Å². The third-order valence-corrected chi connectivity index (χ3v) is 6.41. The van der Waals surface area contributed by atoms with Crippen molar-refractivity contribution in [1.29, 1.82) is 0 Å². The molecule has 0 aliphatic carbocycles. The fourth-order valence-electron chi connectivity index (χ4n) is 3.55. The van der Waals surface area contributed by atoms with Gasteiger partial charge >= 0.3 is 6.03 Å². The van der Waals surface area contributed by atoms with Gasteiger partial charge in [0.15, 0.2) is 0 Å². The average Bonchev–Trinajstić information content (AvgIpc) is 2.70. The fourth-order valence-corrected chi connectivity index (χ4v) is 4.13. The number of aliphatic hydroxyl groups excluding tert-OH is 1. The van der Waals surface area contributed by atoms with Gasteiger partial charge in [-0.05, 0) is 77.0 Å². The number of nitrogens with zero attached hydrogens (tertiary/aromatic N) is 2. The summed E-state index contributed by atoms with van der Waals surface area (Å²) in [5.41, 5.74) is 1.74. The first-order valence-corrected chi connectivity index (χ1v) is 11.0. The van der Waals surface area contributed by atoms with Gasteiger partial charge in [0.05, 0.1) is 27.8 Å².